The molecule has 0 saturated heterocycles. The molecule has 1 aromatic rings. The number of methoxy groups -OCH3 is 1. The van der Waals surface area contributed by atoms with Gasteiger partial charge in [0.15, 0.2) is 0 Å². The second kappa shape index (κ2) is 7.24. The first-order valence-electron chi connectivity index (χ1n) is 6.11. The van der Waals surface area contributed by atoms with Crippen molar-refractivity contribution in [3.8, 4) is 0 Å². The van der Waals surface area contributed by atoms with Gasteiger partial charge in [0.2, 0.25) is 0 Å². The molecule has 0 aromatic heterocycles. The fourth-order valence-electron chi connectivity index (χ4n) is 1.88. The smallest absolute Gasteiger partial charge is 0.0821 e. The minimum absolute atomic E-state index is 0.217. The summed E-state index contributed by atoms with van der Waals surface area (Å²) in [7, 11) is 1.79. The molecular formula is C15H22O. The van der Waals surface area contributed by atoms with Crippen LogP contribution in [0.3, 0.4) is 0 Å². The number of unbranched alkanes of at least 4 members (excludes halogenated alkanes) is 1. The van der Waals surface area contributed by atoms with Gasteiger partial charge in [0, 0.05) is 7.11 Å². The minimum Gasteiger partial charge on any atom is -0.377 e. The summed E-state index contributed by atoms with van der Waals surface area (Å²) >= 11 is 0. The zero-order valence-electron chi connectivity index (χ0n) is 10.6. The largest absolute Gasteiger partial charge is 0.377 e. The summed E-state index contributed by atoms with van der Waals surface area (Å²) in [6.45, 7) is 4.36. The molecule has 1 heteroatoms. The van der Waals surface area contributed by atoms with Crippen LogP contribution in [-0.4, -0.2) is 13.2 Å². The molecule has 0 radical (unpaired) electrons. The second-order valence-electron chi connectivity index (χ2n) is 3.95. The number of ether oxygens (including phenoxy) is 1. The number of allylic oxidation sites excluding steroid dienone is 1. The predicted octanol–water partition coefficient (Wildman–Crippen LogP) is 4.30. The van der Waals surface area contributed by atoms with E-state index in [4.69, 9.17) is 4.74 Å². The average molecular weight is 218 g/mol. The first kappa shape index (κ1) is 13.0. The van der Waals surface area contributed by atoms with Crippen molar-refractivity contribution in [1.82, 2.24) is 0 Å². The lowest BCUT2D eigenvalue weighted by Gasteiger charge is -2.18. The number of hydrogen-bond donors (Lipinski definition) is 0. The van der Waals surface area contributed by atoms with Crippen molar-refractivity contribution in [2.24, 2.45) is 0 Å². The lowest BCUT2D eigenvalue weighted by molar-refractivity contribution is 0.145. The summed E-state index contributed by atoms with van der Waals surface area (Å²) in [6.07, 6.45) is 5.84. The van der Waals surface area contributed by atoms with Gasteiger partial charge in [0.25, 0.3) is 0 Å². The maximum absolute atomic E-state index is 5.54. The van der Waals surface area contributed by atoms with E-state index in [-0.39, 0.29) is 6.10 Å². The number of hydrogen-bond acceptors (Lipinski definition) is 1. The van der Waals surface area contributed by atoms with E-state index in [9.17, 15) is 0 Å². The van der Waals surface area contributed by atoms with Crippen molar-refractivity contribution in [3.05, 3.63) is 42.0 Å². The van der Waals surface area contributed by atoms with Gasteiger partial charge in [-0.3, -0.25) is 0 Å². The third-order valence-corrected chi connectivity index (χ3v) is 2.76. The van der Waals surface area contributed by atoms with E-state index in [1.165, 1.54) is 17.6 Å². The van der Waals surface area contributed by atoms with Gasteiger partial charge >= 0.3 is 0 Å². The van der Waals surface area contributed by atoms with Gasteiger partial charge in [-0.2, -0.15) is 0 Å². The molecule has 0 N–H and O–H groups in total. The zero-order chi connectivity index (χ0) is 11.8. The molecule has 0 aliphatic carbocycles. The molecule has 88 valence electrons. The van der Waals surface area contributed by atoms with Gasteiger partial charge < -0.3 is 4.74 Å². The first-order valence-corrected chi connectivity index (χ1v) is 6.11. The van der Waals surface area contributed by atoms with Crippen LogP contribution in [0.1, 0.15) is 38.7 Å². The van der Waals surface area contributed by atoms with Crippen molar-refractivity contribution in [3.63, 3.8) is 0 Å². The molecule has 0 heterocycles. The second-order valence-corrected chi connectivity index (χ2v) is 3.95. The van der Waals surface area contributed by atoms with E-state index in [1.807, 2.05) is 0 Å². The third-order valence-electron chi connectivity index (χ3n) is 2.76. The standard InChI is InChI=1S/C15H22O/c1-4-6-12-14(15(5-2)16-3)13-10-8-7-9-11-13/h7-12,15H,4-6H2,1-3H3/b14-12-. The molecule has 0 bridgehead atoms. The molecule has 0 aliphatic rings. The first-order chi connectivity index (χ1) is 7.83. The molecule has 0 fully saturated rings. The minimum atomic E-state index is 0.217. The van der Waals surface area contributed by atoms with Crippen molar-refractivity contribution >= 4 is 5.57 Å². The lowest BCUT2D eigenvalue weighted by Crippen LogP contribution is -2.11. The Bertz CT molecular complexity index is 309. The Balaban J connectivity index is 2.96. The summed E-state index contributed by atoms with van der Waals surface area (Å²) < 4.78 is 5.54. The van der Waals surface area contributed by atoms with Crippen molar-refractivity contribution in [1.29, 1.82) is 0 Å². The van der Waals surface area contributed by atoms with Crippen LogP contribution in [0, 0.1) is 0 Å². The molecule has 1 unspecified atom stereocenters. The van der Waals surface area contributed by atoms with E-state index in [0.717, 1.165) is 12.8 Å². The third kappa shape index (κ3) is 3.49. The Hall–Kier alpha value is -1.08. The Morgan fingerprint density at radius 1 is 1.25 bits per heavy atom. The fourth-order valence-corrected chi connectivity index (χ4v) is 1.88. The van der Waals surface area contributed by atoms with E-state index in [1.54, 1.807) is 7.11 Å². The molecule has 1 nitrogen and oxygen atoms in total. The van der Waals surface area contributed by atoms with Gasteiger partial charge in [-0.15, -0.1) is 0 Å². The quantitative estimate of drug-likeness (QED) is 0.692. The van der Waals surface area contributed by atoms with Crippen molar-refractivity contribution in [2.45, 2.75) is 39.2 Å². The van der Waals surface area contributed by atoms with Crippen LogP contribution in [0.5, 0.6) is 0 Å². The molecular weight excluding hydrogens is 196 g/mol. The number of rotatable bonds is 6. The van der Waals surface area contributed by atoms with E-state index >= 15 is 0 Å². The molecule has 1 atom stereocenters. The Morgan fingerprint density at radius 2 is 1.94 bits per heavy atom. The van der Waals surface area contributed by atoms with E-state index in [2.05, 4.69) is 50.3 Å². The molecule has 1 aromatic carbocycles. The average Bonchev–Trinajstić information content (AvgIpc) is 2.35. The van der Waals surface area contributed by atoms with Gasteiger partial charge in [-0.25, -0.2) is 0 Å². The topological polar surface area (TPSA) is 9.23 Å². The van der Waals surface area contributed by atoms with Gasteiger partial charge in [-0.1, -0.05) is 56.7 Å². The molecule has 0 aliphatic heterocycles. The summed E-state index contributed by atoms with van der Waals surface area (Å²) in [5.41, 5.74) is 2.61. The monoisotopic (exact) mass is 218 g/mol. The highest BCUT2D eigenvalue weighted by Gasteiger charge is 2.12. The van der Waals surface area contributed by atoms with E-state index in [0.29, 0.717) is 0 Å². The zero-order valence-corrected chi connectivity index (χ0v) is 10.6. The lowest BCUT2D eigenvalue weighted by atomic mass is 9.97. The molecule has 1 rings (SSSR count). The Kier molecular flexibility index (Phi) is 5.87. The predicted molar refractivity (Wildman–Crippen MR) is 70.4 cm³/mol. The summed E-state index contributed by atoms with van der Waals surface area (Å²) in [5, 5.41) is 0. The van der Waals surface area contributed by atoms with Crippen molar-refractivity contribution < 1.29 is 4.74 Å². The molecule has 0 spiro atoms. The molecule has 0 saturated carbocycles. The summed E-state index contributed by atoms with van der Waals surface area (Å²) in [6, 6.07) is 10.5. The highest BCUT2D eigenvalue weighted by Crippen LogP contribution is 2.23. The summed E-state index contributed by atoms with van der Waals surface area (Å²) in [4.78, 5) is 0. The van der Waals surface area contributed by atoms with E-state index < -0.39 is 0 Å². The molecule has 0 amide bonds. The number of benzene rings is 1. The maximum atomic E-state index is 5.54. The van der Waals surface area contributed by atoms with Gasteiger partial charge in [0.05, 0.1) is 6.10 Å². The Labute approximate surface area is 99.1 Å². The van der Waals surface area contributed by atoms with Gasteiger partial charge in [-0.05, 0) is 24.0 Å². The van der Waals surface area contributed by atoms with Crippen LogP contribution in [0.4, 0.5) is 0 Å². The summed E-state index contributed by atoms with van der Waals surface area (Å²) in [5.74, 6) is 0. The molecule has 16 heavy (non-hydrogen) atoms. The normalized spacial score (nSPS) is 13.8. The van der Waals surface area contributed by atoms with Crippen LogP contribution < -0.4 is 0 Å². The van der Waals surface area contributed by atoms with Crippen LogP contribution in [-0.2, 0) is 4.74 Å². The van der Waals surface area contributed by atoms with Crippen LogP contribution in [0.2, 0.25) is 0 Å². The fraction of sp³-hybridized carbons (Fsp3) is 0.467. The maximum Gasteiger partial charge on any atom is 0.0821 e. The highest BCUT2D eigenvalue weighted by atomic mass is 16.5. The van der Waals surface area contributed by atoms with Gasteiger partial charge in [0.1, 0.15) is 0 Å². The Morgan fingerprint density at radius 3 is 2.44 bits per heavy atom. The highest BCUT2D eigenvalue weighted by molar-refractivity contribution is 5.68. The van der Waals surface area contributed by atoms with Crippen LogP contribution in [0.25, 0.3) is 5.57 Å². The SMILES string of the molecule is CCC/C=C(/c1ccccc1)C(CC)OC. The van der Waals surface area contributed by atoms with Crippen molar-refractivity contribution in [2.75, 3.05) is 7.11 Å². The van der Waals surface area contributed by atoms with Crippen LogP contribution in [0.15, 0.2) is 36.4 Å². The van der Waals surface area contributed by atoms with Crippen LogP contribution >= 0.6 is 0 Å².